The van der Waals surface area contributed by atoms with Crippen LogP contribution in [0.1, 0.15) is 42.6 Å². The Hall–Kier alpha value is -3.88. The molecule has 1 aliphatic carbocycles. The van der Waals surface area contributed by atoms with Crippen molar-refractivity contribution in [3.63, 3.8) is 0 Å². The standard InChI is InChI=1S/C27H28O9/c1-6-13(2)26(28)36-24-16-10-19-18(34-12-35-19)9-15(16)22(23-17(24)11-33-27(23)29)14-7-20(30-3)25(32-5)21(8-14)31-4/h6-10,17,22-24H,11-12H2,1-5H3/b13-6-. The second-order valence-corrected chi connectivity index (χ2v) is 8.89. The Labute approximate surface area is 208 Å². The van der Waals surface area contributed by atoms with Gasteiger partial charge in [-0.1, -0.05) is 6.08 Å². The quantitative estimate of drug-likeness (QED) is 0.435. The van der Waals surface area contributed by atoms with E-state index in [4.69, 9.17) is 33.2 Å². The minimum atomic E-state index is -0.702. The monoisotopic (exact) mass is 496 g/mol. The molecule has 0 saturated carbocycles. The van der Waals surface area contributed by atoms with Crippen molar-refractivity contribution < 1.29 is 42.7 Å². The van der Waals surface area contributed by atoms with E-state index in [9.17, 15) is 9.59 Å². The molecular weight excluding hydrogens is 468 g/mol. The van der Waals surface area contributed by atoms with E-state index < -0.39 is 29.8 Å². The number of allylic oxidation sites excluding steroid dienone is 1. The predicted octanol–water partition coefficient (Wildman–Crippen LogP) is 3.93. The number of carbonyl (C=O) groups is 2. The Bertz CT molecular complexity index is 1220. The Morgan fingerprint density at radius 2 is 1.58 bits per heavy atom. The molecule has 0 amide bonds. The summed E-state index contributed by atoms with van der Waals surface area (Å²) in [6.07, 6.45) is 0.990. The molecule has 4 atom stereocenters. The molecule has 0 bridgehead atoms. The Balaban J connectivity index is 1.72. The maximum atomic E-state index is 13.2. The zero-order valence-corrected chi connectivity index (χ0v) is 20.8. The fourth-order valence-corrected chi connectivity index (χ4v) is 5.27. The number of esters is 2. The number of benzene rings is 2. The van der Waals surface area contributed by atoms with Crippen molar-refractivity contribution in [3.05, 3.63) is 52.6 Å². The fourth-order valence-electron chi connectivity index (χ4n) is 5.27. The SMILES string of the molecule is C/C=C(/C)C(=O)OC1c2cc3c(cc2C(c2cc(OC)c(OC)c(OC)c2)C2C(=O)OCC12)OCO3. The van der Waals surface area contributed by atoms with Crippen LogP contribution in [0.25, 0.3) is 0 Å². The number of hydrogen-bond acceptors (Lipinski definition) is 9. The topological polar surface area (TPSA) is 98.8 Å². The first kappa shape index (κ1) is 23.8. The smallest absolute Gasteiger partial charge is 0.333 e. The zero-order valence-electron chi connectivity index (χ0n) is 20.8. The van der Waals surface area contributed by atoms with Gasteiger partial charge in [0.15, 0.2) is 23.0 Å². The van der Waals surface area contributed by atoms with Crippen LogP contribution in [0.5, 0.6) is 28.7 Å². The number of ether oxygens (including phenoxy) is 7. The zero-order chi connectivity index (χ0) is 25.6. The van der Waals surface area contributed by atoms with Crippen LogP contribution in [0, 0.1) is 11.8 Å². The molecule has 36 heavy (non-hydrogen) atoms. The van der Waals surface area contributed by atoms with Crippen LogP contribution < -0.4 is 23.7 Å². The summed E-state index contributed by atoms with van der Waals surface area (Å²) in [5.41, 5.74) is 2.78. The van der Waals surface area contributed by atoms with Gasteiger partial charge in [0.2, 0.25) is 12.5 Å². The maximum Gasteiger partial charge on any atom is 0.333 e. The number of methoxy groups -OCH3 is 3. The molecule has 2 aromatic carbocycles. The van der Waals surface area contributed by atoms with E-state index in [0.717, 1.165) is 16.7 Å². The molecule has 2 heterocycles. The number of cyclic esters (lactones) is 1. The molecule has 9 heteroatoms. The summed E-state index contributed by atoms with van der Waals surface area (Å²) >= 11 is 0. The molecule has 1 fully saturated rings. The first-order chi connectivity index (χ1) is 17.4. The van der Waals surface area contributed by atoms with Crippen molar-refractivity contribution in [1.29, 1.82) is 0 Å². The Kier molecular flexibility index (Phi) is 6.15. The lowest BCUT2D eigenvalue weighted by Gasteiger charge is -2.38. The molecule has 0 radical (unpaired) electrons. The highest BCUT2D eigenvalue weighted by Crippen LogP contribution is 2.56. The number of fused-ring (bicyclic) bond motifs is 3. The third-order valence-electron chi connectivity index (χ3n) is 7.15. The van der Waals surface area contributed by atoms with Crippen molar-refractivity contribution in [2.75, 3.05) is 34.7 Å². The van der Waals surface area contributed by atoms with Crippen LogP contribution in [0.3, 0.4) is 0 Å². The van der Waals surface area contributed by atoms with E-state index in [0.29, 0.717) is 34.3 Å². The average molecular weight is 497 g/mol. The van der Waals surface area contributed by atoms with Crippen molar-refractivity contribution in [2.45, 2.75) is 25.9 Å². The lowest BCUT2D eigenvalue weighted by molar-refractivity contribution is -0.150. The summed E-state index contributed by atoms with van der Waals surface area (Å²) in [6.45, 7) is 3.68. The van der Waals surface area contributed by atoms with Crippen LogP contribution in [0.4, 0.5) is 0 Å². The van der Waals surface area contributed by atoms with E-state index in [1.54, 1.807) is 34.1 Å². The first-order valence-electron chi connectivity index (χ1n) is 11.7. The van der Waals surface area contributed by atoms with E-state index in [1.807, 2.05) is 24.3 Å². The third-order valence-corrected chi connectivity index (χ3v) is 7.15. The highest BCUT2D eigenvalue weighted by molar-refractivity contribution is 5.88. The third kappa shape index (κ3) is 3.70. The van der Waals surface area contributed by atoms with Gasteiger partial charge in [-0.2, -0.15) is 0 Å². The molecule has 3 aliphatic rings. The molecule has 9 nitrogen and oxygen atoms in total. The first-order valence-corrected chi connectivity index (χ1v) is 11.7. The Morgan fingerprint density at radius 1 is 0.944 bits per heavy atom. The van der Waals surface area contributed by atoms with Gasteiger partial charge in [-0.05, 0) is 49.2 Å². The largest absolute Gasteiger partial charge is 0.493 e. The summed E-state index contributed by atoms with van der Waals surface area (Å²) in [7, 11) is 4.62. The van der Waals surface area contributed by atoms with Gasteiger partial charge in [-0.15, -0.1) is 0 Å². The van der Waals surface area contributed by atoms with Gasteiger partial charge in [0.05, 0.1) is 33.9 Å². The normalized spacial score (nSPS) is 23.9. The molecule has 1 saturated heterocycles. The van der Waals surface area contributed by atoms with Crippen molar-refractivity contribution >= 4 is 11.9 Å². The summed E-state index contributed by atoms with van der Waals surface area (Å²) in [6, 6.07) is 7.36. The number of hydrogen-bond donors (Lipinski definition) is 0. The molecule has 190 valence electrons. The minimum absolute atomic E-state index is 0.0874. The summed E-state index contributed by atoms with van der Waals surface area (Å²) in [5, 5.41) is 0. The maximum absolute atomic E-state index is 13.2. The lowest BCUT2D eigenvalue weighted by Crippen LogP contribution is -2.36. The average Bonchev–Trinajstić information content (AvgIpc) is 3.52. The molecule has 0 spiro atoms. The molecule has 2 aromatic rings. The van der Waals surface area contributed by atoms with Gasteiger partial charge < -0.3 is 33.2 Å². The van der Waals surface area contributed by atoms with E-state index in [1.165, 1.54) is 7.11 Å². The second-order valence-electron chi connectivity index (χ2n) is 8.89. The summed E-state index contributed by atoms with van der Waals surface area (Å²) < 4.78 is 39.5. The van der Waals surface area contributed by atoms with Crippen molar-refractivity contribution in [1.82, 2.24) is 0 Å². The van der Waals surface area contributed by atoms with Crippen molar-refractivity contribution in [2.24, 2.45) is 11.8 Å². The highest BCUT2D eigenvalue weighted by Gasteiger charge is 2.54. The van der Waals surface area contributed by atoms with E-state index in [2.05, 4.69) is 0 Å². The predicted molar refractivity (Wildman–Crippen MR) is 127 cm³/mol. The van der Waals surface area contributed by atoms with Crippen LogP contribution in [0.15, 0.2) is 35.9 Å². The second kappa shape index (κ2) is 9.29. The van der Waals surface area contributed by atoms with Crippen LogP contribution in [-0.4, -0.2) is 46.7 Å². The number of carbonyl (C=O) groups excluding carboxylic acids is 2. The molecule has 2 aliphatic heterocycles. The molecule has 4 unspecified atom stereocenters. The number of rotatable bonds is 6. The summed E-state index contributed by atoms with van der Waals surface area (Å²) in [4.78, 5) is 26.0. The molecule has 0 N–H and O–H groups in total. The van der Waals surface area contributed by atoms with Crippen LogP contribution in [0.2, 0.25) is 0 Å². The van der Waals surface area contributed by atoms with Gasteiger partial charge in [0.25, 0.3) is 0 Å². The fraction of sp³-hybridized carbons (Fsp3) is 0.407. The van der Waals surface area contributed by atoms with Crippen molar-refractivity contribution in [3.8, 4) is 28.7 Å². The van der Waals surface area contributed by atoms with E-state index in [-0.39, 0.29) is 19.4 Å². The minimum Gasteiger partial charge on any atom is -0.493 e. The van der Waals surface area contributed by atoms with Gasteiger partial charge in [-0.25, -0.2) is 4.79 Å². The lowest BCUT2D eigenvalue weighted by atomic mass is 9.66. The Morgan fingerprint density at radius 3 is 2.17 bits per heavy atom. The van der Waals surface area contributed by atoms with Gasteiger partial charge in [-0.3, -0.25) is 4.79 Å². The van der Waals surface area contributed by atoms with Crippen LogP contribution in [-0.2, 0) is 19.1 Å². The van der Waals surface area contributed by atoms with Gasteiger partial charge >= 0.3 is 11.9 Å². The van der Waals surface area contributed by atoms with Crippen LogP contribution >= 0.6 is 0 Å². The molecule has 0 aromatic heterocycles. The van der Waals surface area contributed by atoms with Gasteiger partial charge in [0.1, 0.15) is 6.10 Å². The highest BCUT2D eigenvalue weighted by atomic mass is 16.7. The molecule has 5 rings (SSSR count). The van der Waals surface area contributed by atoms with Gasteiger partial charge in [0, 0.05) is 23.0 Å². The molecular formula is C27H28O9. The summed E-state index contributed by atoms with van der Waals surface area (Å²) in [5.74, 6) is 0.249. The van der Waals surface area contributed by atoms with E-state index >= 15 is 0 Å².